The van der Waals surface area contributed by atoms with Crippen LogP contribution in [0, 0.1) is 0 Å². The first-order valence-electron chi connectivity index (χ1n) is 6.70. The van der Waals surface area contributed by atoms with Gasteiger partial charge in [0.1, 0.15) is 11.8 Å². The molecule has 1 atom stereocenters. The molecule has 21 heavy (non-hydrogen) atoms. The van der Waals surface area contributed by atoms with E-state index in [2.05, 4.69) is 0 Å². The van der Waals surface area contributed by atoms with Gasteiger partial charge in [0.2, 0.25) is 0 Å². The van der Waals surface area contributed by atoms with Crippen LogP contribution in [0.5, 0.6) is 5.75 Å². The maximum Gasteiger partial charge on any atom is 0.268 e. The number of aromatic nitrogens is 1. The molecule has 0 N–H and O–H groups in total. The molecule has 3 nitrogen and oxygen atoms in total. The zero-order chi connectivity index (χ0) is 15.2. The number of ether oxygens (including phenoxy) is 1. The van der Waals surface area contributed by atoms with Crippen molar-refractivity contribution >= 4 is 22.4 Å². The van der Waals surface area contributed by atoms with Gasteiger partial charge in [0.15, 0.2) is 0 Å². The normalized spacial score (nSPS) is 20.9. The summed E-state index contributed by atoms with van der Waals surface area (Å²) >= 11 is 5.92. The lowest BCUT2D eigenvalue weighted by molar-refractivity contribution is -0.0316. The number of rotatable bonds is 2. The first kappa shape index (κ1) is 14.3. The third kappa shape index (κ3) is 2.29. The van der Waals surface area contributed by atoms with Crippen molar-refractivity contribution in [1.82, 2.24) is 4.57 Å². The average Bonchev–Trinajstić information content (AvgIpc) is 2.79. The van der Waals surface area contributed by atoms with Gasteiger partial charge in [0.25, 0.3) is 11.5 Å². The second-order valence-electron chi connectivity index (χ2n) is 5.27. The van der Waals surface area contributed by atoms with Crippen molar-refractivity contribution in [1.29, 1.82) is 0 Å². The van der Waals surface area contributed by atoms with Gasteiger partial charge in [-0.1, -0.05) is 11.6 Å². The molecule has 1 aliphatic rings. The molecule has 1 saturated carbocycles. The molecule has 0 saturated heterocycles. The number of methoxy groups -OCH3 is 1. The highest BCUT2D eigenvalue weighted by molar-refractivity contribution is 6.31. The van der Waals surface area contributed by atoms with Crippen LogP contribution < -0.4 is 10.3 Å². The smallest absolute Gasteiger partial charge is 0.268 e. The molecule has 0 bridgehead atoms. The standard InChI is InChI=1S/C15H14ClF2NO2/c1-21-12-8-19(13-3-2-6-15(13,17)18)14(20)11-7-9(16)4-5-10(11)12/h4-5,7-8,13H,2-3,6H2,1H3. The highest BCUT2D eigenvalue weighted by Gasteiger charge is 2.45. The molecule has 6 heteroatoms. The van der Waals surface area contributed by atoms with Crippen molar-refractivity contribution in [3.8, 4) is 5.75 Å². The van der Waals surface area contributed by atoms with Gasteiger partial charge in [-0.3, -0.25) is 4.79 Å². The highest BCUT2D eigenvalue weighted by atomic mass is 35.5. The molecule has 1 unspecified atom stereocenters. The van der Waals surface area contributed by atoms with Crippen LogP contribution in [-0.4, -0.2) is 17.6 Å². The largest absolute Gasteiger partial charge is 0.495 e. The van der Waals surface area contributed by atoms with Gasteiger partial charge >= 0.3 is 0 Å². The summed E-state index contributed by atoms with van der Waals surface area (Å²) < 4.78 is 34.3. The fraction of sp³-hybridized carbons (Fsp3) is 0.400. The maximum absolute atomic E-state index is 14.0. The predicted octanol–water partition coefficient (Wildman–Crippen LogP) is 4.02. The topological polar surface area (TPSA) is 31.2 Å². The van der Waals surface area contributed by atoms with E-state index in [0.717, 1.165) is 4.57 Å². The highest BCUT2D eigenvalue weighted by Crippen LogP contribution is 2.43. The molecule has 112 valence electrons. The number of halogens is 3. The number of nitrogens with zero attached hydrogens (tertiary/aromatic N) is 1. The summed E-state index contributed by atoms with van der Waals surface area (Å²) in [5, 5.41) is 1.26. The Labute approximate surface area is 125 Å². The van der Waals surface area contributed by atoms with E-state index in [9.17, 15) is 13.6 Å². The van der Waals surface area contributed by atoms with E-state index in [1.165, 1.54) is 19.4 Å². The van der Waals surface area contributed by atoms with Crippen molar-refractivity contribution in [2.45, 2.75) is 31.2 Å². The van der Waals surface area contributed by atoms with E-state index in [1.54, 1.807) is 12.1 Å². The molecule has 1 aliphatic carbocycles. The maximum atomic E-state index is 14.0. The van der Waals surface area contributed by atoms with Crippen LogP contribution in [0.1, 0.15) is 25.3 Å². The van der Waals surface area contributed by atoms with Crippen molar-refractivity contribution in [2.24, 2.45) is 0 Å². The molecule has 2 aromatic rings. The summed E-state index contributed by atoms with van der Waals surface area (Å²) in [6, 6.07) is 3.67. The van der Waals surface area contributed by atoms with Gasteiger partial charge in [-0.15, -0.1) is 0 Å². The van der Waals surface area contributed by atoms with Crippen LogP contribution in [0.15, 0.2) is 29.2 Å². The zero-order valence-electron chi connectivity index (χ0n) is 11.4. The molecule has 0 radical (unpaired) electrons. The van der Waals surface area contributed by atoms with E-state index >= 15 is 0 Å². The Morgan fingerprint density at radius 3 is 2.76 bits per heavy atom. The van der Waals surface area contributed by atoms with Crippen LogP contribution >= 0.6 is 11.6 Å². The fourth-order valence-corrected chi connectivity index (χ4v) is 3.12. The Morgan fingerprint density at radius 2 is 2.14 bits per heavy atom. The van der Waals surface area contributed by atoms with Crippen LogP contribution in [0.3, 0.4) is 0 Å². The summed E-state index contributed by atoms with van der Waals surface area (Å²) in [4.78, 5) is 12.5. The lowest BCUT2D eigenvalue weighted by Gasteiger charge is -2.22. The van der Waals surface area contributed by atoms with Gasteiger partial charge in [-0.2, -0.15) is 0 Å². The third-order valence-electron chi connectivity index (χ3n) is 4.00. The summed E-state index contributed by atoms with van der Waals surface area (Å²) in [6.45, 7) is 0. The molecule has 0 spiro atoms. The molecule has 0 amide bonds. The second kappa shape index (κ2) is 4.98. The van der Waals surface area contributed by atoms with E-state index in [0.29, 0.717) is 28.0 Å². The minimum atomic E-state index is -2.87. The molecule has 1 heterocycles. The van der Waals surface area contributed by atoms with E-state index in [1.807, 2.05) is 0 Å². The molecule has 1 fully saturated rings. The molecular weight excluding hydrogens is 300 g/mol. The predicted molar refractivity (Wildman–Crippen MR) is 77.6 cm³/mol. The number of hydrogen-bond acceptors (Lipinski definition) is 2. The number of fused-ring (bicyclic) bond motifs is 1. The lowest BCUT2D eigenvalue weighted by Crippen LogP contribution is -2.33. The van der Waals surface area contributed by atoms with Crippen molar-refractivity contribution in [2.75, 3.05) is 7.11 Å². The van der Waals surface area contributed by atoms with Gasteiger partial charge in [0.05, 0.1) is 18.7 Å². The lowest BCUT2D eigenvalue weighted by atomic mass is 10.1. The Hall–Kier alpha value is -1.62. The SMILES string of the molecule is COc1cn(C2CCCC2(F)F)c(=O)c2cc(Cl)ccc12. The van der Waals surface area contributed by atoms with Crippen LogP contribution in [0.25, 0.3) is 10.8 Å². The Morgan fingerprint density at radius 1 is 1.38 bits per heavy atom. The van der Waals surface area contributed by atoms with Crippen molar-refractivity contribution in [3.63, 3.8) is 0 Å². The first-order chi connectivity index (χ1) is 9.94. The fourth-order valence-electron chi connectivity index (χ4n) is 2.95. The summed E-state index contributed by atoms with van der Waals surface area (Å²) in [5.41, 5.74) is -0.458. The van der Waals surface area contributed by atoms with Crippen molar-refractivity contribution in [3.05, 3.63) is 39.8 Å². The third-order valence-corrected chi connectivity index (χ3v) is 4.23. The van der Waals surface area contributed by atoms with Crippen LogP contribution in [0.4, 0.5) is 8.78 Å². The quantitative estimate of drug-likeness (QED) is 0.838. The molecule has 0 aliphatic heterocycles. The minimum Gasteiger partial charge on any atom is -0.495 e. The Bertz CT molecular complexity index is 757. The Kier molecular flexibility index (Phi) is 3.40. The van der Waals surface area contributed by atoms with E-state index < -0.39 is 17.5 Å². The number of hydrogen-bond donors (Lipinski definition) is 0. The average molecular weight is 314 g/mol. The van der Waals surface area contributed by atoms with E-state index in [-0.39, 0.29) is 12.8 Å². The summed E-state index contributed by atoms with van der Waals surface area (Å²) in [5.74, 6) is -2.48. The van der Waals surface area contributed by atoms with Gasteiger partial charge in [0, 0.05) is 16.8 Å². The van der Waals surface area contributed by atoms with E-state index in [4.69, 9.17) is 16.3 Å². The first-order valence-corrected chi connectivity index (χ1v) is 7.08. The van der Waals surface area contributed by atoms with Crippen LogP contribution in [-0.2, 0) is 0 Å². The number of benzene rings is 1. The molecule has 1 aromatic carbocycles. The number of pyridine rings is 1. The Balaban J connectivity index is 2.29. The number of alkyl halides is 2. The van der Waals surface area contributed by atoms with Crippen LogP contribution in [0.2, 0.25) is 5.02 Å². The molecular formula is C15H14ClF2NO2. The van der Waals surface area contributed by atoms with Gasteiger partial charge < -0.3 is 9.30 Å². The summed E-state index contributed by atoms with van der Waals surface area (Å²) in [7, 11) is 1.45. The summed E-state index contributed by atoms with van der Waals surface area (Å²) in [6.07, 6.45) is 1.87. The second-order valence-corrected chi connectivity index (χ2v) is 5.71. The zero-order valence-corrected chi connectivity index (χ0v) is 12.2. The monoisotopic (exact) mass is 313 g/mol. The minimum absolute atomic E-state index is 0.194. The van der Waals surface area contributed by atoms with Gasteiger partial charge in [-0.05, 0) is 31.0 Å². The molecule has 3 rings (SSSR count). The van der Waals surface area contributed by atoms with Crippen molar-refractivity contribution < 1.29 is 13.5 Å². The molecule has 1 aromatic heterocycles. The van der Waals surface area contributed by atoms with Gasteiger partial charge in [-0.25, -0.2) is 8.78 Å².